The lowest BCUT2D eigenvalue weighted by Gasteiger charge is -2.03. The van der Waals surface area contributed by atoms with Crippen molar-refractivity contribution in [3.8, 4) is 17.4 Å². The van der Waals surface area contributed by atoms with Gasteiger partial charge in [0.05, 0.1) is 19.6 Å². The lowest BCUT2D eigenvalue weighted by molar-refractivity contribution is 0.140. The largest absolute Gasteiger partial charge is 0.480 e. The molecule has 1 fully saturated rings. The third-order valence-corrected chi connectivity index (χ3v) is 3.10. The van der Waals surface area contributed by atoms with E-state index in [0.29, 0.717) is 35.6 Å². The van der Waals surface area contributed by atoms with E-state index in [9.17, 15) is 5.11 Å². The van der Waals surface area contributed by atoms with Crippen LogP contribution in [0.1, 0.15) is 18.7 Å². The van der Waals surface area contributed by atoms with Crippen LogP contribution < -0.4 is 4.74 Å². The smallest absolute Gasteiger partial charge is 0.233 e. The molecule has 1 aliphatic rings. The van der Waals surface area contributed by atoms with Crippen LogP contribution >= 0.6 is 0 Å². The number of ether oxygens (including phenoxy) is 1. The second-order valence-electron chi connectivity index (χ2n) is 4.58. The van der Waals surface area contributed by atoms with Gasteiger partial charge in [-0.05, 0) is 24.8 Å². The lowest BCUT2D eigenvalue weighted by Crippen LogP contribution is -2.12. The van der Waals surface area contributed by atoms with Crippen molar-refractivity contribution in [2.24, 2.45) is 5.92 Å². The summed E-state index contributed by atoms with van der Waals surface area (Å²) in [4.78, 5) is 4.21. The van der Waals surface area contributed by atoms with Gasteiger partial charge in [0.1, 0.15) is 5.69 Å². The minimum atomic E-state index is -0.393. The molecule has 0 amide bonds. The predicted octanol–water partition coefficient (Wildman–Crippen LogP) is 0.849. The summed E-state index contributed by atoms with van der Waals surface area (Å²) in [7, 11) is 1.52. The molecule has 1 N–H and O–H groups in total. The first-order valence-electron chi connectivity index (χ1n) is 6.15. The van der Waals surface area contributed by atoms with Gasteiger partial charge >= 0.3 is 0 Å². The first-order chi connectivity index (χ1) is 9.26. The molecule has 7 heteroatoms. The molecule has 19 heavy (non-hydrogen) atoms. The molecule has 2 heterocycles. The van der Waals surface area contributed by atoms with E-state index in [0.717, 1.165) is 12.8 Å². The van der Waals surface area contributed by atoms with Crippen molar-refractivity contribution in [2.75, 3.05) is 7.11 Å². The summed E-state index contributed by atoms with van der Waals surface area (Å²) in [5.41, 5.74) is 0.511. The molecule has 1 unspecified atom stereocenters. The van der Waals surface area contributed by atoms with E-state index in [1.54, 1.807) is 12.1 Å². The summed E-state index contributed by atoms with van der Waals surface area (Å²) in [6.07, 6.45) is 2.15. The predicted molar refractivity (Wildman–Crippen MR) is 64.3 cm³/mol. The van der Waals surface area contributed by atoms with Crippen molar-refractivity contribution in [3.63, 3.8) is 0 Å². The Labute approximate surface area is 109 Å². The van der Waals surface area contributed by atoms with E-state index < -0.39 is 6.10 Å². The van der Waals surface area contributed by atoms with Crippen molar-refractivity contribution >= 4 is 0 Å². The fraction of sp³-hybridized carbons (Fsp3) is 0.500. The average molecular weight is 262 g/mol. The lowest BCUT2D eigenvalue weighted by atomic mass is 10.2. The molecule has 0 saturated heterocycles. The number of rotatable bonds is 5. The van der Waals surface area contributed by atoms with E-state index in [4.69, 9.17) is 9.26 Å². The molecule has 0 aromatic carbocycles. The summed E-state index contributed by atoms with van der Waals surface area (Å²) in [6, 6.07) is 3.38. The molecule has 0 radical (unpaired) electrons. The maximum Gasteiger partial charge on any atom is 0.233 e. The molecule has 0 spiro atoms. The molecular weight excluding hydrogens is 248 g/mol. The highest BCUT2D eigenvalue weighted by Crippen LogP contribution is 2.33. The first kappa shape index (κ1) is 12.0. The van der Waals surface area contributed by atoms with Gasteiger partial charge in [-0.15, -0.1) is 10.2 Å². The monoisotopic (exact) mass is 262 g/mol. The Kier molecular flexibility index (Phi) is 3.12. The van der Waals surface area contributed by atoms with Crippen molar-refractivity contribution in [1.82, 2.24) is 20.3 Å². The van der Waals surface area contributed by atoms with Crippen LogP contribution in [-0.2, 0) is 6.42 Å². The van der Waals surface area contributed by atoms with E-state index >= 15 is 0 Å². The quantitative estimate of drug-likeness (QED) is 0.853. The van der Waals surface area contributed by atoms with Gasteiger partial charge in [-0.1, -0.05) is 5.16 Å². The highest BCUT2D eigenvalue weighted by atomic mass is 16.5. The fourth-order valence-corrected chi connectivity index (χ4v) is 1.82. The van der Waals surface area contributed by atoms with Crippen LogP contribution in [0.25, 0.3) is 11.5 Å². The molecule has 2 aromatic rings. The van der Waals surface area contributed by atoms with Crippen LogP contribution in [-0.4, -0.2) is 38.7 Å². The van der Waals surface area contributed by atoms with Crippen LogP contribution in [0.5, 0.6) is 5.88 Å². The van der Waals surface area contributed by atoms with Crippen molar-refractivity contribution in [3.05, 3.63) is 18.0 Å². The van der Waals surface area contributed by atoms with Crippen LogP contribution in [0.2, 0.25) is 0 Å². The molecule has 1 aliphatic carbocycles. The standard InChI is InChI=1S/C12H14N4O3/c1-18-10-5-4-8(14-15-10)12-13-11(19-16-12)6-9(17)7-2-3-7/h4-5,7,9,17H,2-3,6H2,1H3. The van der Waals surface area contributed by atoms with E-state index in [2.05, 4.69) is 20.3 Å². The van der Waals surface area contributed by atoms with Gasteiger partial charge in [0.15, 0.2) is 0 Å². The van der Waals surface area contributed by atoms with E-state index in [-0.39, 0.29) is 0 Å². The molecule has 0 bridgehead atoms. The Morgan fingerprint density at radius 3 is 2.89 bits per heavy atom. The molecule has 100 valence electrons. The molecule has 1 atom stereocenters. The van der Waals surface area contributed by atoms with Gasteiger partial charge in [0, 0.05) is 6.07 Å². The van der Waals surface area contributed by atoms with Crippen LogP contribution in [0.15, 0.2) is 16.7 Å². The topological polar surface area (TPSA) is 94.2 Å². The average Bonchev–Trinajstić information content (AvgIpc) is 3.20. The van der Waals surface area contributed by atoms with Gasteiger partial charge in [-0.3, -0.25) is 0 Å². The highest BCUT2D eigenvalue weighted by Gasteiger charge is 2.31. The zero-order valence-electron chi connectivity index (χ0n) is 10.5. The summed E-state index contributed by atoms with van der Waals surface area (Å²) >= 11 is 0. The SMILES string of the molecule is COc1ccc(-c2noc(CC(O)C3CC3)n2)nn1. The maximum atomic E-state index is 9.82. The van der Waals surface area contributed by atoms with Gasteiger partial charge in [-0.2, -0.15) is 4.98 Å². The molecule has 1 saturated carbocycles. The number of aromatic nitrogens is 4. The Bertz CT molecular complexity index is 550. The fourth-order valence-electron chi connectivity index (χ4n) is 1.82. The number of aliphatic hydroxyl groups is 1. The second kappa shape index (κ2) is 4.93. The summed E-state index contributed by atoms with van der Waals surface area (Å²) in [5, 5.41) is 21.4. The summed E-state index contributed by atoms with van der Waals surface area (Å²) < 4.78 is 10.0. The third-order valence-electron chi connectivity index (χ3n) is 3.10. The van der Waals surface area contributed by atoms with Gasteiger partial charge < -0.3 is 14.4 Å². The van der Waals surface area contributed by atoms with Crippen molar-refractivity contribution < 1.29 is 14.4 Å². The summed E-state index contributed by atoms with van der Waals surface area (Å²) in [6.45, 7) is 0. The van der Waals surface area contributed by atoms with Crippen LogP contribution in [0.3, 0.4) is 0 Å². The molecule has 7 nitrogen and oxygen atoms in total. The second-order valence-corrected chi connectivity index (χ2v) is 4.58. The molecule has 2 aromatic heterocycles. The number of hydrogen-bond acceptors (Lipinski definition) is 7. The number of nitrogens with zero attached hydrogens (tertiary/aromatic N) is 4. The van der Waals surface area contributed by atoms with Crippen molar-refractivity contribution in [1.29, 1.82) is 0 Å². The summed E-state index contributed by atoms with van der Waals surface area (Å²) in [5.74, 6) is 1.60. The Balaban J connectivity index is 1.72. The first-order valence-corrected chi connectivity index (χ1v) is 6.15. The molecular formula is C12H14N4O3. The van der Waals surface area contributed by atoms with Gasteiger partial charge in [0.2, 0.25) is 17.6 Å². The number of methoxy groups -OCH3 is 1. The zero-order valence-corrected chi connectivity index (χ0v) is 10.5. The third kappa shape index (κ3) is 2.70. The van der Waals surface area contributed by atoms with Crippen molar-refractivity contribution in [2.45, 2.75) is 25.4 Å². The van der Waals surface area contributed by atoms with Crippen LogP contribution in [0.4, 0.5) is 0 Å². The number of aliphatic hydroxyl groups excluding tert-OH is 1. The molecule has 0 aliphatic heterocycles. The van der Waals surface area contributed by atoms with Gasteiger partial charge in [-0.25, -0.2) is 0 Å². The van der Waals surface area contributed by atoms with E-state index in [1.165, 1.54) is 7.11 Å². The van der Waals surface area contributed by atoms with E-state index in [1.807, 2.05) is 0 Å². The minimum absolute atomic E-state index is 0.369. The maximum absolute atomic E-state index is 9.82. The highest BCUT2D eigenvalue weighted by molar-refractivity contribution is 5.47. The van der Waals surface area contributed by atoms with Crippen LogP contribution in [0, 0.1) is 5.92 Å². The minimum Gasteiger partial charge on any atom is -0.480 e. The normalized spacial score (nSPS) is 16.3. The molecule has 3 rings (SSSR count). The Morgan fingerprint density at radius 2 is 2.26 bits per heavy atom. The van der Waals surface area contributed by atoms with Gasteiger partial charge in [0.25, 0.3) is 0 Å². The zero-order chi connectivity index (χ0) is 13.2. The number of hydrogen-bond donors (Lipinski definition) is 1. The Morgan fingerprint density at radius 1 is 1.42 bits per heavy atom. The Hall–Kier alpha value is -2.02.